The summed E-state index contributed by atoms with van der Waals surface area (Å²) in [5.74, 6) is 1.19. The largest absolute Gasteiger partial charge is 0.461 e. The van der Waals surface area contributed by atoms with Crippen LogP contribution in [0.25, 0.3) is 0 Å². The number of nitriles is 1. The molecule has 0 saturated carbocycles. The predicted molar refractivity (Wildman–Crippen MR) is 161 cm³/mol. The van der Waals surface area contributed by atoms with Crippen molar-refractivity contribution >= 4 is 34.1 Å². The van der Waals surface area contributed by atoms with Crippen LogP contribution < -0.4 is 26.0 Å². The molecule has 4 aliphatic rings. The first-order valence-corrected chi connectivity index (χ1v) is 15.5. The van der Waals surface area contributed by atoms with Gasteiger partial charge in [-0.2, -0.15) is 20.2 Å². The van der Waals surface area contributed by atoms with Gasteiger partial charge in [0.2, 0.25) is 11.9 Å². The van der Waals surface area contributed by atoms with E-state index in [0.717, 1.165) is 43.4 Å². The Hall–Kier alpha value is -3.80. The fourth-order valence-corrected chi connectivity index (χ4v) is 8.60. The van der Waals surface area contributed by atoms with E-state index in [-0.39, 0.29) is 30.1 Å². The number of rotatable bonds is 9. The van der Waals surface area contributed by atoms with E-state index in [2.05, 4.69) is 25.8 Å². The maximum atomic E-state index is 14.4. The first kappa shape index (κ1) is 28.0. The summed E-state index contributed by atoms with van der Waals surface area (Å²) in [7, 11) is 0. The number of aryl methyl sites for hydroxylation is 1. The highest BCUT2D eigenvalue weighted by Gasteiger charge is 2.52. The fraction of sp³-hybridized carbons (Fsp3) is 0.552. The second kappa shape index (κ2) is 10.7. The van der Waals surface area contributed by atoms with Crippen LogP contribution in [0.5, 0.6) is 6.01 Å². The average molecular weight is 607 g/mol. The topological polar surface area (TPSA) is 167 Å². The Bertz CT molecular complexity index is 1570. The molecule has 3 saturated heterocycles. The van der Waals surface area contributed by atoms with Crippen LogP contribution in [0.1, 0.15) is 47.3 Å². The Kier molecular flexibility index (Phi) is 6.98. The fourth-order valence-electron chi connectivity index (χ4n) is 7.46. The summed E-state index contributed by atoms with van der Waals surface area (Å²) in [6, 6.07) is 6.17. The number of hydrogen-bond acceptors (Lipinski definition) is 13. The number of nitrogens with zero attached hydrogens (tertiary/aromatic N) is 8. The van der Waals surface area contributed by atoms with Crippen molar-refractivity contribution in [2.75, 3.05) is 67.2 Å². The maximum Gasteiger partial charge on any atom is 0.323 e. The van der Waals surface area contributed by atoms with Crippen molar-refractivity contribution in [3.8, 4) is 12.1 Å². The molecule has 14 heteroatoms. The molecule has 5 N–H and O–H groups in total. The Labute approximate surface area is 253 Å². The zero-order valence-corrected chi connectivity index (χ0v) is 24.7. The average Bonchev–Trinajstić information content (AvgIpc) is 3.70. The third-order valence-corrected chi connectivity index (χ3v) is 10.6. The van der Waals surface area contributed by atoms with Crippen LogP contribution in [0.4, 0.5) is 27.1 Å². The molecule has 3 aromatic heterocycles. The van der Waals surface area contributed by atoms with Gasteiger partial charge in [-0.05, 0) is 43.9 Å². The lowest BCUT2D eigenvalue weighted by molar-refractivity contribution is 0.107. The van der Waals surface area contributed by atoms with Crippen molar-refractivity contribution in [1.82, 2.24) is 24.8 Å². The lowest BCUT2D eigenvalue weighted by Gasteiger charge is -2.48. The molecule has 3 aromatic rings. The molecule has 7 rings (SSSR count). The van der Waals surface area contributed by atoms with Gasteiger partial charge in [0.25, 0.3) is 0 Å². The van der Waals surface area contributed by atoms with Crippen molar-refractivity contribution < 1.29 is 14.2 Å². The highest BCUT2D eigenvalue weighted by atomic mass is 32.1. The highest BCUT2D eigenvalue weighted by molar-refractivity contribution is 7.16. The van der Waals surface area contributed by atoms with Gasteiger partial charge in [0.05, 0.1) is 17.7 Å². The Balaban J connectivity index is 1.19. The van der Waals surface area contributed by atoms with Gasteiger partial charge in [-0.15, -0.1) is 11.3 Å². The normalized spacial score (nSPS) is 23.7. The molecule has 12 nitrogen and oxygen atoms in total. The first-order valence-electron chi connectivity index (χ1n) is 14.7. The quantitative estimate of drug-likeness (QED) is 0.325. The number of pyridine rings is 1. The van der Waals surface area contributed by atoms with Crippen LogP contribution in [0.15, 0.2) is 18.3 Å². The lowest BCUT2D eigenvalue weighted by atomic mass is 9.74. The molecule has 43 heavy (non-hydrogen) atoms. The first-order chi connectivity index (χ1) is 20.8. The molecule has 0 radical (unpaired) electrons. The molecule has 1 spiro atoms. The number of anilines is 4. The van der Waals surface area contributed by atoms with E-state index in [1.54, 1.807) is 6.20 Å². The summed E-state index contributed by atoms with van der Waals surface area (Å²) in [5, 5.41) is 20.3. The summed E-state index contributed by atoms with van der Waals surface area (Å²) < 4.78 is 20.7. The molecular formula is C29H35FN10O2S. The number of aliphatic hydroxyl groups is 1. The number of fused-ring (bicyclic) bond motifs is 3. The minimum absolute atomic E-state index is 0.126. The van der Waals surface area contributed by atoms with Gasteiger partial charge in [-0.25, -0.2) is 9.37 Å². The van der Waals surface area contributed by atoms with Crippen molar-refractivity contribution in [3.05, 3.63) is 39.9 Å². The molecule has 3 fully saturated rings. The number of aromatic nitrogens is 4. The molecule has 6 heterocycles. The highest BCUT2D eigenvalue weighted by Crippen LogP contribution is 2.52. The number of aliphatic hydroxyl groups excluding tert-OH is 1. The van der Waals surface area contributed by atoms with Crippen LogP contribution in [-0.4, -0.2) is 87.6 Å². The standard InChI is InChI=1S/C29H35FN10O2S/c30-19-11-29(5-2-8-40(29)14-19)17-42-27-36-25(38(9-10-41)13-18-3-1-7-34-23(18)32)35-26(37-27)39-15-28(16-39)6-4-21-22(28)20(12-31)24(33)43-21/h1,3,7,19,41H,2,4-6,8-11,13-17,33H2,(H2,32,34)/t19-,29+/m1/s1. The van der Waals surface area contributed by atoms with Crippen molar-refractivity contribution in [2.24, 2.45) is 0 Å². The predicted octanol–water partition coefficient (Wildman–Crippen LogP) is 2.02. The van der Waals surface area contributed by atoms with Crippen LogP contribution in [0, 0.1) is 11.3 Å². The molecule has 0 unspecified atom stereocenters. The lowest BCUT2D eigenvalue weighted by Crippen LogP contribution is -2.59. The van der Waals surface area contributed by atoms with Gasteiger partial charge in [-0.1, -0.05) is 6.07 Å². The molecule has 0 bridgehead atoms. The van der Waals surface area contributed by atoms with E-state index in [1.165, 1.54) is 16.2 Å². The van der Waals surface area contributed by atoms with E-state index in [1.807, 2.05) is 17.0 Å². The Morgan fingerprint density at radius 1 is 1.26 bits per heavy atom. The summed E-state index contributed by atoms with van der Waals surface area (Å²) in [4.78, 5) is 25.7. The third-order valence-electron chi connectivity index (χ3n) is 9.51. The van der Waals surface area contributed by atoms with Crippen LogP contribution in [0.3, 0.4) is 0 Å². The van der Waals surface area contributed by atoms with E-state index < -0.39 is 6.17 Å². The SMILES string of the molecule is N#Cc1c(N)sc2c1C1(CC2)CN(c2nc(OC[C@@]34CCCN3C[C@H](F)C4)nc(N(CCO)Cc3cccnc3N)n2)C1. The van der Waals surface area contributed by atoms with E-state index in [9.17, 15) is 14.8 Å². The number of hydrogen-bond donors (Lipinski definition) is 3. The van der Waals surface area contributed by atoms with Crippen molar-refractivity contribution in [1.29, 1.82) is 5.26 Å². The Morgan fingerprint density at radius 2 is 2.12 bits per heavy atom. The monoisotopic (exact) mass is 606 g/mol. The van der Waals surface area contributed by atoms with E-state index in [4.69, 9.17) is 26.2 Å². The van der Waals surface area contributed by atoms with Gasteiger partial charge in [0.15, 0.2) is 0 Å². The van der Waals surface area contributed by atoms with E-state index >= 15 is 0 Å². The minimum Gasteiger partial charge on any atom is -0.461 e. The number of ether oxygens (including phenoxy) is 1. The molecule has 226 valence electrons. The Morgan fingerprint density at radius 3 is 2.91 bits per heavy atom. The summed E-state index contributed by atoms with van der Waals surface area (Å²) >= 11 is 1.52. The van der Waals surface area contributed by atoms with Crippen LogP contribution in [0.2, 0.25) is 0 Å². The zero-order chi connectivity index (χ0) is 29.8. The van der Waals surface area contributed by atoms with Crippen LogP contribution in [-0.2, 0) is 18.4 Å². The number of nitrogens with two attached hydrogens (primary N) is 2. The second-order valence-electron chi connectivity index (χ2n) is 12.2. The number of halogens is 1. The maximum absolute atomic E-state index is 14.4. The zero-order valence-electron chi connectivity index (χ0n) is 23.9. The van der Waals surface area contributed by atoms with Gasteiger partial charge in [-0.3, -0.25) is 4.90 Å². The van der Waals surface area contributed by atoms with Gasteiger partial charge < -0.3 is 31.1 Å². The molecule has 2 atom stereocenters. The second-order valence-corrected chi connectivity index (χ2v) is 13.3. The number of alkyl halides is 1. The molecule has 0 aromatic carbocycles. The smallest absolute Gasteiger partial charge is 0.323 e. The van der Waals surface area contributed by atoms with Gasteiger partial charge in [0, 0.05) is 61.2 Å². The van der Waals surface area contributed by atoms with Gasteiger partial charge >= 0.3 is 6.01 Å². The molecular weight excluding hydrogens is 571 g/mol. The summed E-state index contributed by atoms with van der Waals surface area (Å²) in [6.45, 7) is 3.34. The summed E-state index contributed by atoms with van der Waals surface area (Å²) in [6.07, 6.45) is 4.94. The number of thiophene rings is 1. The molecule has 1 aliphatic carbocycles. The summed E-state index contributed by atoms with van der Waals surface area (Å²) in [5.41, 5.74) is 14.3. The molecule has 0 amide bonds. The number of nitrogen functional groups attached to an aromatic ring is 2. The van der Waals surface area contributed by atoms with Crippen molar-refractivity contribution in [2.45, 2.75) is 55.8 Å². The van der Waals surface area contributed by atoms with Gasteiger partial charge in [0.1, 0.15) is 29.7 Å². The third kappa shape index (κ3) is 4.79. The van der Waals surface area contributed by atoms with E-state index in [0.29, 0.717) is 67.5 Å². The van der Waals surface area contributed by atoms with Crippen molar-refractivity contribution in [3.63, 3.8) is 0 Å². The minimum atomic E-state index is -0.864. The van der Waals surface area contributed by atoms with Crippen LogP contribution >= 0.6 is 11.3 Å². The molecule has 3 aliphatic heterocycles.